The van der Waals surface area contributed by atoms with Gasteiger partial charge in [-0.3, -0.25) is 4.79 Å². The molecule has 0 fully saturated rings. The first-order valence-corrected chi connectivity index (χ1v) is 10.3. The molecule has 3 aromatic rings. The van der Waals surface area contributed by atoms with E-state index in [9.17, 15) is 4.79 Å². The molecule has 0 atom stereocenters. The van der Waals surface area contributed by atoms with Crippen molar-refractivity contribution in [1.82, 2.24) is 10.2 Å². The summed E-state index contributed by atoms with van der Waals surface area (Å²) >= 11 is 14.7. The molecule has 3 rings (SSSR count). The Bertz CT molecular complexity index is 999. The molecule has 0 aliphatic carbocycles. The lowest BCUT2D eigenvalue weighted by Gasteiger charge is -2.03. The zero-order chi connectivity index (χ0) is 19.2. The average molecular weight is 435 g/mol. The van der Waals surface area contributed by atoms with Crippen LogP contribution in [0.3, 0.4) is 0 Å². The van der Waals surface area contributed by atoms with Gasteiger partial charge in [0.2, 0.25) is 11.0 Å². The first-order chi connectivity index (χ1) is 13.0. The van der Waals surface area contributed by atoms with E-state index in [-0.39, 0.29) is 12.3 Å². The van der Waals surface area contributed by atoms with Crippen molar-refractivity contribution in [3.05, 3.63) is 69.2 Å². The molecule has 0 saturated carbocycles. The molecule has 2 aromatic carbocycles. The van der Waals surface area contributed by atoms with Gasteiger partial charge in [-0.1, -0.05) is 64.5 Å². The summed E-state index contributed by atoms with van der Waals surface area (Å²) < 4.78 is 0.754. The largest absolute Gasteiger partial charge is 0.300 e. The van der Waals surface area contributed by atoms with Crippen molar-refractivity contribution in [1.29, 1.82) is 5.26 Å². The smallest absolute Gasteiger partial charge is 0.230 e. The molecular formula is C18H12Cl2N4OS2. The molecule has 1 amide bonds. The normalized spacial score (nSPS) is 10.4. The fourth-order valence-corrected chi connectivity index (χ4v) is 4.18. The second-order valence-electron chi connectivity index (χ2n) is 5.44. The molecule has 0 aliphatic heterocycles. The summed E-state index contributed by atoms with van der Waals surface area (Å²) in [4.78, 5) is 12.1. The summed E-state index contributed by atoms with van der Waals surface area (Å²) in [6.45, 7) is 0. The summed E-state index contributed by atoms with van der Waals surface area (Å²) in [6.07, 6.45) is 0.171. The second-order valence-corrected chi connectivity index (χ2v) is 8.46. The first-order valence-electron chi connectivity index (χ1n) is 7.72. The number of nitriles is 1. The summed E-state index contributed by atoms with van der Waals surface area (Å²) in [5.41, 5.74) is 2.48. The van der Waals surface area contributed by atoms with Gasteiger partial charge in [0.1, 0.15) is 0 Å². The molecule has 1 N–H and O–H groups in total. The molecule has 0 aliphatic rings. The average Bonchev–Trinajstić information content (AvgIpc) is 3.10. The van der Waals surface area contributed by atoms with Crippen LogP contribution in [0.5, 0.6) is 0 Å². The zero-order valence-corrected chi connectivity index (χ0v) is 16.9. The zero-order valence-electron chi connectivity index (χ0n) is 13.8. The van der Waals surface area contributed by atoms with E-state index in [0.29, 0.717) is 26.5 Å². The Kier molecular flexibility index (Phi) is 6.69. The van der Waals surface area contributed by atoms with Crippen molar-refractivity contribution < 1.29 is 4.79 Å². The number of thioether (sulfide) groups is 1. The van der Waals surface area contributed by atoms with Gasteiger partial charge in [0.05, 0.1) is 28.1 Å². The molecule has 136 valence electrons. The van der Waals surface area contributed by atoms with Gasteiger partial charge in [0.25, 0.3) is 0 Å². The summed E-state index contributed by atoms with van der Waals surface area (Å²) in [7, 11) is 0. The standard InChI is InChI=1S/C18H12Cl2N4OS2/c19-14-6-5-13(7-15(14)20)8-16(25)22-17-23-24-18(27-17)26-10-12-3-1-11(9-21)2-4-12/h1-7H,8,10H2,(H,22,23,25). The number of benzene rings is 2. The Hall–Kier alpha value is -2.11. The highest BCUT2D eigenvalue weighted by Crippen LogP contribution is 2.28. The lowest BCUT2D eigenvalue weighted by atomic mass is 10.1. The van der Waals surface area contributed by atoms with Crippen LogP contribution in [-0.2, 0) is 17.0 Å². The van der Waals surface area contributed by atoms with E-state index in [1.807, 2.05) is 12.1 Å². The van der Waals surface area contributed by atoms with Crippen molar-refractivity contribution in [2.24, 2.45) is 0 Å². The van der Waals surface area contributed by atoms with E-state index in [4.69, 9.17) is 28.5 Å². The van der Waals surface area contributed by atoms with Crippen LogP contribution in [0.4, 0.5) is 5.13 Å². The molecule has 27 heavy (non-hydrogen) atoms. The van der Waals surface area contributed by atoms with Crippen LogP contribution in [0.2, 0.25) is 10.0 Å². The van der Waals surface area contributed by atoms with Crippen LogP contribution >= 0.6 is 46.3 Å². The Morgan fingerprint density at radius 1 is 1.11 bits per heavy atom. The number of amides is 1. The maximum atomic E-state index is 12.1. The highest BCUT2D eigenvalue weighted by Gasteiger charge is 2.10. The number of aromatic nitrogens is 2. The molecule has 1 heterocycles. The fourth-order valence-electron chi connectivity index (χ4n) is 2.14. The third kappa shape index (κ3) is 5.68. The number of hydrogen-bond donors (Lipinski definition) is 1. The lowest BCUT2D eigenvalue weighted by molar-refractivity contribution is -0.115. The number of rotatable bonds is 6. The fraction of sp³-hybridized carbons (Fsp3) is 0.111. The van der Waals surface area contributed by atoms with Crippen LogP contribution in [0, 0.1) is 11.3 Å². The Labute approximate surface area is 174 Å². The Morgan fingerprint density at radius 2 is 1.85 bits per heavy atom. The molecule has 0 spiro atoms. The van der Waals surface area contributed by atoms with E-state index >= 15 is 0 Å². The third-order valence-electron chi connectivity index (χ3n) is 3.45. The molecule has 0 unspecified atom stereocenters. The quantitative estimate of drug-likeness (QED) is 0.426. The van der Waals surface area contributed by atoms with E-state index in [1.165, 1.54) is 23.1 Å². The molecule has 0 saturated heterocycles. The van der Waals surface area contributed by atoms with Gasteiger partial charge in [-0.25, -0.2) is 0 Å². The van der Waals surface area contributed by atoms with Crippen LogP contribution < -0.4 is 5.32 Å². The van der Waals surface area contributed by atoms with Crippen LogP contribution in [0.25, 0.3) is 0 Å². The number of carbonyl (C=O) groups is 1. The Morgan fingerprint density at radius 3 is 2.56 bits per heavy atom. The maximum Gasteiger partial charge on any atom is 0.230 e. The number of anilines is 1. The molecule has 5 nitrogen and oxygen atoms in total. The predicted molar refractivity (Wildman–Crippen MR) is 109 cm³/mol. The molecule has 0 radical (unpaired) electrons. The predicted octanol–water partition coefficient (Wildman–Crippen LogP) is 5.19. The van der Waals surface area contributed by atoms with E-state index < -0.39 is 0 Å². The minimum absolute atomic E-state index is 0.171. The second kappa shape index (κ2) is 9.20. The van der Waals surface area contributed by atoms with Gasteiger partial charge < -0.3 is 5.32 Å². The van der Waals surface area contributed by atoms with Gasteiger partial charge >= 0.3 is 0 Å². The van der Waals surface area contributed by atoms with Crippen LogP contribution in [0.15, 0.2) is 46.8 Å². The highest BCUT2D eigenvalue weighted by atomic mass is 35.5. The minimum Gasteiger partial charge on any atom is -0.300 e. The van der Waals surface area contributed by atoms with Gasteiger partial charge in [0, 0.05) is 5.75 Å². The first kappa shape index (κ1) is 19.6. The van der Waals surface area contributed by atoms with Crippen LogP contribution in [0.1, 0.15) is 16.7 Å². The SMILES string of the molecule is N#Cc1ccc(CSc2nnc(NC(=O)Cc3ccc(Cl)c(Cl)c3)s2)cc1. The monoisotopic (exact) mass is 434 g/mol. The number of halogens is 2. The summed E-state index contributed by atoms with van der Waals surface area (Å²) in [5.74, 6) is 0.505. The van der Waals surface area contributed by atoms with Crippen molar-refractivity contribution >= 4 is 57.3 Å². The number of nitrogens with one attached hydrogen (secondary N) is 1. The highest BCUT2D eigenvalue weighted by molar-refractivity contribution is 8.00. The van der Waals surface area contributed by atoms with E-state index in [1.54, 1.807) is 30.3 Å². The van der Waals surface area contributed by atoms with E-state index in [0.717, 1.165) is 15.5 Å². The summed E-state index contributed by atoms with van der Waals surface area (Å²) in [6, 6.07) is 14.6. The van der Waals surface area contributed by atoms with Gasteiger partial charge in [-0.2, -0.15) is 5.26 Å². The van der Waals surface area contributed by atoms with Gasteiger partial charge in [-0.05, 0) is 35.4 Å². The molecule has 1 aromatic heterocycles. The van der Waals surface area contributed by atoms with Crippen molar-refractivity contribution in [3.8, 4) is 6.07 Å². The molecule has 0 bridgehead atoms. The Balaban J connectivity index is 1.53. The minimum atomic E-state index is -0.201. The van der Waals surface area contributed by atoms with E-state index in [2.05, 4.69) is 21.6 Å². The van der Waals surface area contributed by atoms with Gasteiger partial charge in [-0.15, -0.1) is 10.2 Å². The van der Waals surface area contributed by atoms with Crippen LogP contribution in [-0.4, -0.2) is 16.1 Å². The molecular weight excluding hydrogens is 423 g/mol. The van der Waals surface area contributed by atoms with Crippen molar-refractivity contribution in [3.63, 3.8) is 0 Å². The van der Waals surface area contributed by atoms with Crippen molar-refractivity contribution in [2.75, 3.05) is 5.32 Å². The number of carbonyl (C=O) groups excluding carboxylic acids is 1. The third-order valence-corrected chi connectivity index (χ3v) is 6.23. The summed E-state index contributed by atoms with van der Waals surface area (Å²) in [5, 5.41) is 20.9. The topological polar surface area (TPSA) is 78.7 Å². The lowest BCUT2D eigenvalue weighted by Crippen LogP contribution is -2.14. The number of hydrogen-bond acceptors (Lipinski definition) is 6. The van der Waals surface area contributed by atoms with Crippen molar-refractivity contribution in [2.45, 2.75) is 16.5 Å². The number of nitrogens with zero attached hydrogens (tertiary/aromatic N) is 3. The molecule has 9 heteroatoms. The van der Waals surface area contributed by atoms with Gasteiger partial charge in [0.15, 0.2) is 4.34 Å². The maximum absolute atomic E-state index is 12.1.